The Kier molecular flexibility index (Phi) is 3.48. The van der Waals surface area contributed by atoms with Crippen molar-refractivity contribution in [2.75, 3.05) is 5.33 Å². The van der Waals surface area contributed by atoms with Crippen molar-refractivity contribution in [2.45, 2.75) is 13.8 Å². The number of halogens is 1. The first-order valence-corrected chi connectivity index (χ1v) is 5.00. The third kappa shape index (κ3) is 2.45. The Hall–Kier alpha value is -0.630. The molecule has 2 heteroatoms. The number of pyridine rings is 1. The largest absolute Gasteiger partial charge is 0.264 e. The molecule has 1 rings (SSSR count). The number of aromatic nitrogens is 1. The first-order chi connectivity index (χ1) is 5.74. The summed E-state index contributed by atoms with van der Waals surface area (Å²) < 4.78 is 0. The Bertz CT molecular complexity index is 292. The van der Waals surface area contributed by atoms with Gasteiger partial charge in [0.2, 0.25) is 0 Å². The van der Waals surface area contributed by atoms with E-state index in [4.69, 9.17) is 0 Å². The van der Waals surface area contributed by atoms with E-state index in [1.54, 1.807) is 0 Å². The number of nitrogens with zero attached hydrogens (tertiary/aromatic N) is 1. The van der Waals surface area contributed by atoms with Crippen LogP contribution in [0.15, 0.2) is 24.0 Å². The second-order valence-corrected chi connectivity index (χ2v) is 3.42. The third-order valence-corrected chi connectivity index (χ3v) is 2.58. The van der Waals surface area contributed by atoms with E-state index in [0.717, 1.165) is 5.33 Å². The van der Waals surface area contributed by atoms with Crippen LogP contribution in [0.5, 0.6) is 0 Å². The van der Waals surface area contributed by atoms with Gasteiger partial charge in [0.1, 0.15) is 0 Å². The van der Waals surface area contributed by atoms with Gasteiger partial charge in [-0.05, 0) is 31.0 Å². The molecule has 1 aromatic heterocycles. The molecular weight excluding hydrogens is 214 g/mol. The quantitative estimate of drug-likeness (QED) is 0.705. The van der Waals surface area contributed by atoms with Crippen LogP contribution in [0.2, 0.25) is 0 Å². The molecule has 1 aromatic rings. The van der Waals surface area contributed by atoms with Crippen LogP contribution in [0.4, 0.5) is 0 Å². The topological polar surface area (TPSA) is 12.9 Å². The van der Waals surface area contributed by atoms with Crippen molar-refractivity contribution < 1.29 is 0 Å². The number of allylic oxidation sites excluding steroid dienone is 1. The van der Waals surface area contributed by atoms with Gasteiger partial charge in [-0.3, -0.25) is 4.98 Å². The van der Waals surface area contributed by atoms with Crippen LogP contribution >= 0.6 is 15.9 Å². The highest BCUT2D eigenvalue weighted by Gasteiger charge is 1.93. The van der Waals surface area contributed by atoms with Gasteiger partial charge in [-0.2, -0.15) is 0 Å². The Morgan fingerprint density at radius 3 is 3.00 bits per heavy atom. The molecule has 1 heterocycles. The second-order valence-electron chi connectivity index (χ2n) is 2.86. The highest BCUT2D eigenvalue weighted by atomic mass is 79.9. The van der Waals surface area contributed by atoms with Crippen LogP contribution in [0.3, 0.4) is 0 Å². The molecule has 0 aromatic carbocycles. The minimum absolute atomic E-state index is 0.918. The molecule has 0 amide bonds. The molecular formula is C10H12BrN. The van der Waals surface area contributed by atoms with Gasteiger partial charge in [-0.1, -0.05) is 27.6 Å². The highest BCUT2D eigenvalue weighted by molar-refractivity contribution is 9.09. The Morgan fingerprint density at radius 2 is 2.42 bits per heavy atom. The average molecular weight is 226 g/mol. The van der Waals surface area contributed by atoms with E-state index in [1.165, 1.54) is 16.7 Å². The summed E-state index contributed by atoms with van der Waals surface area (Å²) in [6.45, 7) is 4.19. The summed E-state index contributed by atoms with van der Waals surface area (Å²) in [5, 5.41) is 0.918. The van der Waals surface area contributed by atoms with Gasteiger partial charge in [-0.15, -0.1) is 0 Å². The minimum atomic E-state index is 0.918. The second kappa shape index (κ2) is 4.41. The van der Waals surface area contributed by atoms with Gasteiger partial charge in [-0.25, -0.2) is 0 Å². The number of aryl methyl sites for hydroxylation is 1. The van der Waals surface area contributed by atoms with E-state index in [9.17, 15) is 0 Å². The molecule has 0 atom stereocenters. The molecule has 0 saturated heterocycles. The summed E-state index contributed by atoms with van der Waals surface area (Å²) in [4.78, 5) is 4.07. The average Bonchev–Trinajstić information content (AvgIpc) is 2.09. The smallest absolute Gasteiger partial charge is 0.0342 e. The lowest BCUT2D eigenvalue weighted by Crippen LogP contribution is -1.84. The van der Waals surface area contributed by atoms with E-state index < -0.39 is 0 Å². The zero-order chi connectivity index (χ0) is 8.97. The standard InChI is InChI=1S/C10H12BrN/c1-8(6-11)5-10-7-12-4-3-9(10)2/h3-5,7H,6H2,1-2H3/b8-5-. The molecule has 12 heavy (non-hydrogen) atoms. The van der Waals surface area contributed by atoms with Crippen LogP contribution < -0.4 is 0 Å². The summed E-state index contributed by atoms with van der Waals surface area (Å²) in [6.07, 6.45) is 5.86. The first-order valence-electron chi connectivity index (χ1n) is 3.88. The number of rotatable bonds is 2. The highest BCUT2D eigenvalue weighted by Crippen LogP contribution is 2.11. The van der Waals surface area contributed by atoms with E-state index in [1.807, 2.05) is 18.5 Å². The van der Waals surface area contributed by atoms with Crippen molar-refractivity contribution in [1.29, 1.82) is 0 Å². The fraction of sp³-hybridized carbons (Fsp3) is 0.300. The monoisotopic (exact) mass is 225 g/mol. The maximum Gasteiger partial charge on any atom is 0.0342 e. The predicted molar refractivity (Wildman–Crippen MR) is 56.4 cm³/mol. The number of hydrogen-bond acceptors (Lipinski definition) is 1. The molecule has 0 aliphatic rings. The molecule has 0 radical (unpaired) electrons. The molecule has 0 aliphatic heterocycles. The molecule has 1 nitrogen and oxygen atoms in total. The maximum atomic E-state index is 4.07. The lowest BCUT2D eigenvalue weighted by Gasteiger charge is -1.99. The molecule has 0 aliphatic carbocycles. The maximum absolute atomic E-state index is 4.07. The molecule has 0 spiro atoms. The van der Waals surface area contributed by atoms with E-state index in [0.29, 0.717) is 0 Å². The number of alkyl halides is 1. The molecule has 0 bridgehead atoms. The van der Waals surface area contributed by atoms with Crippen molar-refractivity contribution in [3.05, 3.63) is 35.2 Å². The van der Waals surface area contributed by atoms with Crippen LogP contribution in [0.25, 0.3) is 6.08 Å². The van der Waals surface area contributed by atoms with Crippen molar-refractivity contribution in [2.24, 2.45) is 0 Å². The number of hydrogen-bond donors (Lipinski definition) is 0. The van der Waals surface area contributed by atoms with Crippen molar-refractivity contribution in [1.82, 2.24) is 4.98 Å². The lowest BCUT2D eigenvalue weighted by atomic mass is 10.1. The van der Waals surface area contributed by atoms with E-state index >= 15 is 0 Å². The minimum Gasteiger partial charge on any atom is -0.264 e. The Morgan fingerprint density at radius 1 is 1.67 bits per heavy atom. The third-order valence-electron chi connectivity index (χ3n) is 1.69. The lowest BCUT2D eigenvalue weighted by molar-refractivity contribution is 1.26. The Balaban J connectivity index is 2.96. The van der Waals surface area contributed by atoms with Gasteiger partial charge in [0.05, 0.1) is 0 Å². The van der Waals surface area contributed by atoms with Gasteiger partial charge >= 0.3 is 0 Å². The Labute approximate surface area is 81.7 Å². The summed E-state index contributed by atoms with van der Waals surface area (Å²) >= 11 is 3.41. The van der Waals surface area contributed by atoms with Gasteiger partial charge in [0, 0.05) is 17.7 Å². The van der Waals surface area contributed by atoms with Crippen LogP contribution in [-0.2, 0) is 0 Å². The summed E-state index contributed by atoms with van der Waals surface area (Å²) in [5.41, 5.74) is 3.78. The fourth-order valence-electron chi connectivity index (χ4n) is 0.931. The van der Waals surface area contributed by atoms with Crippen LogP contribution in [0.1, 0.15) is 18.1 Å². The summed E-state index contributed by atoms with van der Waals surface area (Å²) in [5.74, 6) is 0. The first kappa shape index (κ1) is 9.46. The SMILES string of the molecule is C/C(=C/c1cnccc1C)CBr. The van der Waals surface area contributed by atoms with Crippen LogP contribution in [-0.4, -0.2) is 10.3 Å². The van der Waals surface area contributed by atoms with Crippen molar-refractivity contribution >= 4 is 22.0 Å². The fourth-order valence-corrected chi connectivity index (χ4v) is 1.09. The van der Waals surface area contributed by atoms with Gasteiger partial charge in [0.15, 0.2) is 0 Å². The molecule has 0 saturated carbocycles. The van der Waals surface area contributed by atoms with Crippen molar-refractivity contribution in [3.63, 3.8) is 0 Å². The zero-order valence-corrected chi connectivity index (χ0v) is 8.93. The zero-order valence-electron chi connectivity index (χ0n) is 7.34. The van der Waals surface area contributed by atoms with Crippen LogP contribution in [0, 0.1) is 6.92 Å². The normalized spacial score (nSPS) is 11.8. The molecule has 0 unspecified atom stereocenters. The summed E-state index contributed by atoms with van der Waals surface area (Å²) in [6, 6.07) is 2.02. The van der Waals surface area contributed by atoms with Crippen molar-refractivity contribution in [3.8, 4) is 0 Å². The predicted octanol–water partition coefficient (Wildman–Crippen LogP) is 3.19. The van der Waals surface area contributed by atoms with E-state index in [2.05, 4.69) is 40.8 Å². The van der Waals surface area contributed by atoms with Gasteiger partial charge in [0.25, 0.3) is 0 Å². The summed E-state index contributed by atoms with van der Waals surface area (Å²) in [7, 11) is 0. The van der Waals surface area contributed by atoms with E-state index in [-0.39, 0.29) is 0 Å². The molecule has 0 fully saturated rings. The molecule has 0 N–H and O–H groups in total. The molecule has 64 valence electrons. The van der Waals surface area contributed by atoms with Gasteiger partial charge < -0.3 is 0 Å².